The molecule has 19 heavy (non-hydrogen) atoms. The van der Waals surface area contributed by atoms with Crippen LogP contribution in [-0.4, -0.2) is 90.8 Å². The second kappa shape index (κ2) is 6.72. The summed E-state index contributed by atoms with van der Waals surface area (Å²) in [6.45, 7) is 6.58. The minimum atomic E-state index is -0.862. The fourth-order valence-corrected chi connectivity index (χ4v) is 2.37. The molecule has 0 radical (unpaired) electrons. The van der Waals surface area contributed by atoms with E-state index in [-0.39, 0.29) is 12.5 Å². The zero-order chi connectivity index (χ0) is 13.7. The summed E-state index contributed by atoms with van der Waals surface area (Å²) in [4.78, 5) is 28.2. The molecule has 0 aromatic carbocycles. The molecular weight excluding hydrogens is 250 g/mol. The Kier molecular flexibility index (Phi) is 4.98. The number of urea groups is 1. The molecule has 7 nitrogen and oxygen atoms in total. The lowest BCUT2D eigenvalue weighted by Gasteiger charge is -2.28. The van der Waals surface area contributed by atoms with Gasteiger partial charge in [0, 0.05) is 45.8 Å². The molecule has 2 rings (SSSR count). The Labute approximate surface area is 112 Å². The first-order valence-electron chi connectivity index (χ1n) is 6.72. The molecule has 2 saturated heterocycles. The summed E-state index contributed by atoms with van der Waals surface area (Å²) in [6.07, 6.45) is 0.0169. The van der Waals surface area contributed by atoms with Crippen LogP contribution < -0.4 is 0 Å². The Morgan fingerprint density at radius 3 is 2.32 bits per heavy atom. The van der Waals surface area contributed by atoms with Gasteiger partial charge in [-0.2, -0.15) is 0 Å². The third-order valence-electron chi connectivity index (χ3n) is 3.57. The van der Waals surface area contributed by atoms with Crippen LogP contribution in [0.1, 0.15) is 6.42 Å². The minimum Gasteiger partial charge on any atom is -0.481 e. The highest BCUT2D eigenvalue weighted by atomic mass is 16.5. The molecule has 0 aromatic rings. The normalized spacial score (nSPS) is 21.2. The van der Waals surface area contributed by atoms with Gasteiger partial charge in [0.2, 0.25) is 0 Å². The van der Waals surface area contributed by atoms with Crippen molar-refractivity contribution in [1.82, 2.24) is 14.7 Å². The molecule has 2 fully saturated rings. The molecule has 1 N–H and O–H groups in total. The van der Waals surface area contributed by atoms with E-state index in [1.807, 2.05) is 0 Å². The molecule has 0 bridgehead atoms. The van der Waals surface area contributed by atoms with E-state index in [0.717, 1.165) is 32.8 Å². The first-order chi connectivity index (χ1) is 9.16. The lowest BCUT2D eigenvalue weighted by atomic mass is 10.4. The van der Waals surface area contributed by atoms with E-state index >= 15 is 0 Å². The van der Waals surface area contributed by atoms with Gasteiger partial charge in [0.1, 0.15) is 0 Å². The number of carboxylic acid groups (broad SMARTS) is 1. The van der Waals surface area contributed by atoms with Gasteiger partial charge >= 0.3 is 12.0 Å². The van der Waals surface area contributed by atoms with E-state index in [0.29, 0.717) is 26.2 Å². The van der Waals surface area contributed by atoms with Crippen molar-refractivity contribution in [3.8, 4) is 0 Å². The second-order valence-corrected chi connectivity index (χ2v) is 4.85. The molecule has 2 amide bonds. The van der Waals surface area contributed by atoms with Crippen LogP contribution in [0.2, 0.25) is 0 Å². The van der Waals surface area contributed by atoms with Gasteiger partial charge in [-0.1, -0.05) is 0 Å². The Hall–Kier alpha value is -1.34. The predicted molar refractivity (Wildman–Crippen MR) is 68.1 cm³/mol. The Morgan fingerprint density at radius 1 is 1.05 bits per heavy atom. The number of carboxylic acids is 1. The number of ether oxygens (including phenoxy) is 1. The van der Waals surface area contributed by atoms with Crippen LogP contribution in [0.4, 0.5) is 4.79 Å². The molecule has 108 valence electrons. The summed E-state index contributed by atoms with van der Waals surface area (Å²) in [5.41, 5.74) is 0. The van der Waals surface area contributed by atoms with Crippen LogP contribution in [0.15, 0.2) is 0 Å². The monoisotopic (exact) mass is 271 g/mol. The zero-order valence-corrected chi connectivity index (χ0v) is 11.1. The summed E-state index contributed by atoms with van der Waals surface area (Å²) in [5, 5.41) is 8.63. The third kappa shape index (κ3) is 4.07. The van der Waals surface area contributed by atoms with Crippen LogP contribution in [0.3, 0.4) is 0 Å². The Bertz CT molecular complexity index is 331. The van der Waals surface area contributed by atoms with Crippen LogP contribution >= 0.6 is 0 Å². The number of aliphatic carboxylic acids is 1. The topological polar surface area (TPSA) is 73.3 Å². The molecule has 7 heteroatoms. The standard InChI is InChI=1S/C12H21N3O4/c16-11(17)1-2-14-5-6-15(12(14)18)4-3-13-7-9-19-10-8-13/h1-10H2,(H,16,17). The molecule has 2 aliphatic rings. The summed E-state index contributed by atoms with van der Waals surface area (Å²) in [7, 11) is 0. The van der Waals surface area contributed by atoms with E-state index in [4.69, 9.17) is 9.84 Å². The van der Waals surface area contributed by atoms with E-state index in [1.165, 1.54) is 0 Å². The third-order valence-corrected chi connectivity index (χ3v) is 3.57. The molecule has 0 aliphatic carbocycles. The number of rotatable bonds is 6. The summed E-state index contributed by atoms with van der Waals surface area (Å²) >= 11 is 0. The van der Waals surface area contributed by atoms with E-state index in [9.17, 15) is 9.59 Å². The van der Waals surface area contributed by atoms with Crippen molar-refractivity contribution < 1.29 is 19.4 Å². The second-order valence-electron chi connectivity index (χ2n) is 4.85. The molecule has 0 saturated carbocycles. The van der Waals surface area contributed by atoms with Gasteiger partial charge in [0.15, 0.2) is 0 Å². The maximum absolute atomic E-state index is 12.0. The van der Waals surface area contributed by atoms with Crippen molar-refractivity contribution in [2.45, 2.75) is 6.42 Å². The molecule has 0 aromatic heterocycles. The van der Waals surface area contributed by atoms with Crippen LogP contribution in [0.25, 0.3) is 0 Å². The van der Waals surface area contributed by atoms with Crippen LogP contribution in [0, 0.1) is 0 Å². The average molecular weight is 271 g/mol. The van der Waals surface area contributed by atoms with Gasteiger partial charge in [-0.25, -0.2) is 4.79 Å². The highest BCUT2D eigenvalue weighted by molar-refractivity contribution is 5.77. The van der Waals surface area contributed by atoms with Crippen molar-refractivity contribution in [2.75, 3.05) is 59.0 Å². The van der Waals surface area contributed by atoms with Crippen molar-refractivity contribution in [2.24, 2.45) is 0 Å². The first-order valence-corrected chi connectivity index (χ1v) is 6.72. The maximum atomic E-state index is 12.0. The lowest BCUT2D eigenvalue weighted by molar-refractivity contribution is -0.137. The highest BCUT2D eigenvalue weighted by Crippen LogP contribution is 2.09. The predicted octanol–water partition coefficient (Wildman–Crippen LogP) is -0.469. The van der Waals surface area contributed by atoms with Crippen molar-refractivity contribution in [3.05, 3.63) is 0 Å². The van der Waals surface area contributed by atoms with Crippen molar-refractivity contribution in [1.29, 1.82) is 0 Å². The number of nitrogens with zero attached hydrogens (tertiary/aromatic N) is 3. The fraction of sp³-hybridized carbons (Fsp3) is 0.833. The summed E-state index contributed by atoms with van der Waals surface area (Å²) < 4.78 is 5.28. The number of hydrogen-bond acceptors (Lipinski definition) is 4. The summed E-state index contributed by atoms with van der Waals surface area (Å²) in [5.74, 6) is -0.862. The maximum Gasteiger partial charge on any atom is 0.320 e. The number of carbonyl (C=O) groups excluding carboxylic acids is 1. The van der Waals surface area contributed by atoms with Crippen molar-refractivity contribution in [3.63, 3.8) is 0 Å². The SMILES string of the molecule is O=C(O)CCN1CCN(CCN2CCOCC2)C1=O. The zero-order valence-electron chi connectivity index (χ0n) is 11.1. The Morgan fingerprint density at radius 2 is 1.68 bits per heavy atom. The minimum absolute atomic E-state index is 0.0169. The average Bonchev–Trinajstić information content (AvgIpc) is 2.76. The first kappa shape index (κ1) is 14.1. The van der Waals surface area contributed by atoms with Gasteiger partial charge < -0.3 is 19.6 Å². The van der Waals surface area contributed by atoms with Gasteiger partial charge in [0.05, 0.1) is 19.6 Å². The van der Waals surface area contributed by atoms with E-state index < -0.39 is 5.97 Å². The summed E-state index contributed by atoms with van der Waals surface area (Å²) in [6, 6.07) is -0.0329. The molecule has 2 aliphatic heterocycles. The quantitative estimate of drug-likeness (QED) is 0.707. The van der Waals surface area contributed by atoms with Crippen LogP contribution in [-0.2, 0) is 9.53 Å². The lowest BCUT2D eigenvalue weighted by Crippen LogP contribution is -2.42. The Balaban J connectivity index is 1.70. The molecule has 0 spiro atoms. The fourth-order valence-electron chi connectivity index (χ4n) is 2.37. The smallest absolute Gasteiger partial charge is 0.320 e. The molecular formula is C12H21N3O4. The largest absolute Gasteiger partial charge is 0.481 e. The van der Waals surface area contributed by atoms with E-state index in [2.05, 4.69) is 4.90 Å². The molecule has 0 unspecified atom stereocenters. The van der Waals surface area contributed by atoms with Gasteiger partial charge in [-0.3, -0.25) is 9.69 Å². The molecule has 0 atom stereocenters. The van der Waals surface area contributed by atoms with Crippen molar-refractivity contribution >= 4 is 12.0 Å². The van der Waals surface area contributed by atoms with Gasteiger partial charge in [0.25, 0.3) is 0 Å². The van der Waals surface area contributed by atoms with Gasteiger partial charge in [-0.15, -0.1) is 0 Å². The van der Waals surface area contributed by atoms with Gasteiger partial charge in [-0.05, 0) is 0 Å². The van der Waals surface area contributed by atoms with E-state index in [1.54, 1.807) is 9.80 Å². The van der Waals surface area contributed by atoms with Crippen LogP contribution in [0.5, 0.6) is 0 Å². The number of carbonyl (C=O) groups is 2. The molecule has 2 heterocycles. The number of amides is 2. The number of morpholine rings is 1. The highest BCUT2D eigenvalue weighted by Gasteiger charge is 2.28. The number of hydrogen-bond donors (Lipinski definition) is 1.